The van der Waals surface area contributed by atoms with Crippen molar-refractivity contribution in [2.45, 2.75) is 13.5 Å². The van der Waals surface area contributed by atoms with E-state index in [-0.39, 0.29) is 11.7 Å². The van der Waals surface area contributed by atoms with Gasteiger partial charge in [0.2, 0.25) is 5.91 Å². The van der Waals surface area contributed by atoms with Crippen LogP contribution in [0.15, 0.2) is 42.5 Å². The van der Waals surface area contributed by atoms with Crippen LogP contribution in [0, 0.1) is 0 Å². The van der Waals surface area contributed by atoms with Crippen LogP contribution in [0.4, 0.5) is 11.4 Å². The maximum atomic E-state index is 11.1. The van der Waals surface area contributed by atoms with Crippen molar-refractivity contribution in [3.8, 4) is 11.5 Å². The number of phenolic OH excluding ortho intramolecular Hbond substituents is 1. The zero-order chi connectivity index (χ0) is 15.2. The Hall–Kier alpha value is -2.69. The molecule has 0 aliphatic carbocycles. The molecule has 0 aromatic heterocycles. The Morgan fingerprint density at radius 3 is 2.67 bits per heavy atom. The van der Waals surface area contributed by atoms with Gasteiger partial charge in [0.15, 0.2) is 0 Å². The SMILES string of the molecule is COc1ccc(NC(C)=O)cc1NCc1ccccc1O. The van der Waals surface area contributed by atoms with Gasteiger partial charge in [0.25, 0.3) is 0 Å². The average Bonchev–Trinajstić information content (AvgIpc) is 2.46. The maximum absolute atomic E-state index is 11.1. The first-order valence-electron chi connectivity index (χ1n) is 6.56. The molecule has 0 saturated carbocycles. The van der Waals surface area contributed by atoms with E-state index in [1.165, 1.54) is 6.92 Å². The fourth-order valence-corrected chi connectivity index (χ4v) is 1.98. The molecular formula is C16H18N2O3. The summed E-state index contributed by atoms with van der Waals surface area (Å²) in [4.78, 5) is 11.1. The Labute approximate surface area is 123 Å². The Bertz CT molecular complexity index is 641. The van der Waals surface area contributed by atoms with E-state index < -0.39 is 0 Å². The lowest BCUT2D eigenvalue weighted by Crippen LogP contribution is -2.07. The summed E-state index contributed by atoms with van der Waals surface area (Å²) in [6.07, 6.45) is 0. The van der Waals surface area contributed by atoms with E-state index in [2.05, 4.69) is 10.6 Å². The third-order valence-electron chi connectivity index (χ3n) is 2.98. The van der Waals surface area contributed by atoms with Crippen molar-refractivity contribution in [3.63, 3.8) is 0 Å². The van der Waals surface area contributed by atoms with Crippen LogP contribution in [0.5, 0.6) is 11.5 Å². The molecule has 0 unspecified atom stereocenters. The van der Waals surface area contributed by atoms with Gasteiger partial charge >= 0.3 is 0 Å². The highest BCUT2D eigenvalue weighted by molar-refractivity contribution is 5.89. The van der Waals surface area contributed by atoms with E-state index in [4.69, 9.17) is 4.74 Å². The number of carbonyl (C=O) groups is 1. The molecule has 0 saturated heterocycles. The predicted octanol–water partition coefficient (Wildman–Crippen LogP) is 2.97. The second kappa shape index (κ2) is 6.65. The number of rotatable bonds is 5. The Morgan fingerprint density at radius 1 is 1.24 bits per heavy atom. The molecule has 0 bridgehead atoms. The Morgan fingerprint density at radius 2 is 2.00 bits per heavy atom. The van der Waals surface area contributed by atoms with Gasteiger partial charge in [-0.2, -0.15) is 0 Å². The molecule has 0 atom stereocenters. The highest BCUT2D eigenvalue weighted by Crippen LogP contribution is 2.29. The molecule has 110 valence electrons. The van der Waals surface area contributed by atoms with Crippen molar-refractivity contribution < 1.29 is 14.6 Å². The molecule has 0 fully saturated rings. The van der Waals surface area contributed by atoms with E-state index in [0.717, 1.165) is 11.3 Å². The second-order valence-corrected chi connectivity index (χ2v) is 4.58. The van der Waals surface area contributed by atoms with Crippen LogP contribution in [-0.2, 0) is 11.3 Å². The fourth-order valence-electron chi connectivity index (χ4n) is 1.98. The van der Waals surface area contributed by atoms with Crippen LogP contribution in [-0.4, -0.2) is 18.1 Å². The Kier molecular flexibility index (Phi) is 4.66. The topological polar surface area (TPSA) is 70.6 Å². The highest BCUT2D eigenvalue weighted by Gasteiger charge is 2.06. The lowest BCUT2D eigenvalue weighted by atomic mass is 10.2. The normalized spacial score (nSPS) is 10.0. The zero-order valence-corrected chi connectivity index (χ0v) is 12.0. The van der Waals surface area contributed by atoms with E-state index >= 15 is 0 Å². The van der Waals surface area contributed by atoms with Gasteiger partial charge in [0, 0.05) is 24.7 Å². The number of phenols is 1. The van der Waals surface area contributed by atoms with E-state index in [0.29, 0.717) is 18.0 Å². The molecule has 1 amide bonds. The number of para-hydroxylation sites is 1. The van der Waals surface area contributed by atoms with Gasteiger partial charge in [-0.3, -0.25) is 4.79 Å². The molecule has 0 radical (unpaired) electrons. The average molecular weight is 286 g/mol. The Balaban J connectivity index is 2.17. The summed E-state index contributed by atoms with van der Waals surface area (Å²) in [6.45, 7) is 1.91. The van der Waals surface area contributed by atoms with Crippen LogP contribution < -0.4 is 15.4 Å². The minimum Gasteiger partial charge on any atom is -0.508 e. The number of aromatic hydroxyl groups is 1. The summed E-state index contributed by atoms with van der Waals surface area (Å²) in [5, 5.41) is 15.7. The number of carbonyl (C=O) groups excluding carboxylic acids is 1. The molecule has 2 aromatic rings. The molecule has 5 nitrogen and oxygen atoms in total. The van der Waals surface area contributed by atoms with Crippen LogP contribution in [0.3, 0.4) is 0 Å². The quantitative estimate of drug-likeness (QED) is 0.790. The van der Waals surface area contributed by atoms with Crippen molar-refractivity contribution in [1.82, 2.24) is 0 Å². The summed E-state index contributed by atoms with van der Waals surface area (Å²) >= 11 is 0. The molecule has 2 rings (SSSR count). The van der Waals surface area contributed by atoms with E-state index in [1.807, 2.05) is 12.1 Å². The third-order valence-corrected chi connectivity index (χ3v) is 2.98. The summed E-state index contributed by atoms with van der Waals surface area (Å²) < 4.78 is 5.29. The van der Waals surface area contributed by atoms with Crippen molar-refractivity contribution >= 4 is 17.3 Å². The van der Waals surface area contributed by atoms with Gasteiger partial charge < -0.3 is 20.5 Å². The van der Waals surface area contributed by atoms with Crippen molar-refractivity contribution in [1.29, 1.82) is 0 Å². The van der Waals surface area contributed by atoms with Crippen molar-refractivity contribution in [2.24, 2.45) is 0 Å². The number of anilines is 2. The van der Waals surface area contributed by atoms with E-state index in [9.17, 15) is 9.90 Å². The molecule has 3 N–H and O–H groups in total. The minimum atomic E-state index is -0.133. The van der Waals surface area contributed by atoms with E-state index in [1.54, 1.807) is 37.4 Å². The number of amides is 1. The highest BCUT2D eigenvalue weighted by atomic mass is 16.5. The number of hydrogen-bond donors (Lipinski definition) is 3. The molecule has 0 aliphatic heterocycles. The number of hydrogen-bond acceptors (Lipinski definition) is 4. The fraction of sp³-hybridized carbons (Fsp3) is 0.188. The zero-order valence-electron chi connectivity index (χ0n) is 12.0. The predicted molar refractivity (Wildman–Crippen MR) is 82.7 cm³/mol. The summed E-state index contributed by atoms with van der Waals surface area (Å²) in [5.41, 5.74) is 2.21. The molecule has 0 spiro atoms. The van der Waals surface area contributed by atoms with Crippen LogP contribution >= 0.6 is 0 Å². The first-order valence-corrected chi connectivity index (χ1v) is 6.56. The summed E-state index contributed by atoms with van der Waals surface area (Å²) in [5.74, 6) is 0.772. The maximum Gasteiger partial charge on any atom is 0.221 e. The van der Waals surface area contributed by atoms with Crippen LogP contribution in [0.1, 0.15) is 12.5 Å². The number of ether oxygens (including phenoxy) is 1. The molecule has 21 heavy (non-hydrogen) atoms. The summed E-state index contributed by atoms with van der Waals surface area (Å²) in [6, 6.07) is 12.5. The molecule has 0 aliphatic rings. The second-order valence-electron chi connectivity index (χ2n) is 4.58. The van der Waals surface area contributed by atoms with Crippen LogP contribution in [0.2, 0.25) is 0 Å². The molecule has 0 heterocycles. The number of benzene rings is 2. The third kappa shape index (κ3) is 3.89. The first kappa shape index (κ1) is 14.7. The van der Waals surface area contributed by atoms with Crippen molar-refractivity contribution in [3.05, 3.63) is 48.0 Å². The van der Waals surface area contributed by atoms with Gasteiger partial charge in [0.05, 0.1) is 12.8 Å². The number of methoxy groups -OCH3 is 1. The first-order chi connectivity index (χ1) is 10.1. The largest absolute Gasteiger partial charge is 0.508 e. The molecule has 5 heteroatoms. The number of nitrogens with one attached hydrogen (secondary N) is 2. The minimum absolute atomic E-state index is 0.133. The van der Waals surface area contributed by atoms with Crippen molar-refractivity contribution in [2.75, 3.05) is 17.7 Å². The lowest BCUT2D eigenvalue weighted by Gasteiger charge is -2.13. The smallest absolute Gasteiger partial charge is 0.221 e. The van der Waals surface area contributed by atoms with Gasteiger partial charge in [-0.05, 0) is 24.3 Å². The van der Waals surface area contributed by atoms with Gasteiger partial charge in [-0.1, -0.05) is 18.2 Å². The van der Waals surface area contributed by atoms with Gasteiger partial charge in [-0.15, -0.1) is 0 Å². The lowest BCUT2D eigenvalue weighted by molar-refractivity contribution is -0.114. The van der Waals surface area contributed by atoms with Crippen LogP contribution in [0.25, 0.3) is 0 Å². The monoisotopic (exact) mass is 286 g/mol. The molecule has 2 aromatic carbocycles. The summed E-state index contributed by atoms with van der Waals surface area (Å²) in [7, 11) is 1.58. The standard InChI is InChI=1S/C16H18N2O3/c1-11(19)18-13-7-8-16(21-2)14(9-13)17-10-12-5-3-4-6-15(12)20/h3-9,17,20H,10H2,1-2H3,(H,18,19). The van der Waals surface area contributed by atoms with Gasteiger partial charge in [-0.25, -0.2) is 0 Å². The molecular weight excluding hydrogens is 268 g/mol. The van der Waals surface area contributed by atoms with Gasteiger partial charge in [0.1, 0.15) is 11.5 Å².